The molecule has 0 spiro atoms. The summed E-state index contributed by atoms with van der Waals surface area (Å²) in [5, 5.41) is 10.6. The first-order valence-electron chi connectivity index (χ1n) is 8.88. The van der Waals surface area contributed by atoms with Crippen molar-refractivity contribution < 1.29 is 12.9 Å². The summed E-state index contributed by atoms with van der Waals surface area (Å²) in [7, 11) is -1.27. The van der Waals surface area contributed by atoms with Crippen LogP contribution in [0.15, 0.2) is 15.6 Å². The van der Waals surface area contributed by atoms with E-state index in [4.69, 9.17) is 4.52 Å². The third-order valence-electron chi connectivity index (χ3n) is 4.79. The van der Waals surface area contributed by atoms with Crippen LogP contribution in [0.25, 0.3) is 0 Å². The van der Waals surface area contributed by atoms with Crippen LogP contribution in [0.1, 0.15) is 56.9 Å². The van der Waals surface area contributed by atoms with Gasteiger partial charge >= 0.3 is 0 Å². The van der Waals surface area contributed by atoms with Crippen molar-refractivity contribution >= 4 is 39.8 Å². The highest BCUT2D eigenvalue weighted by Gasteiger charge is 2.45. The number of aliphatic imine (C=N–C) groups is 1. The minimum absolute atomic E-state index is 0. The lowest BCUT2D eigenvalue weighted by Crippen LogP contribution is -2.41. The van der Waals surface area contributed by atoms with E-state index in [0.717, 1.165) is 37.1 Å². The van der Waals surface area contributed by atoms with Gasteiger partial charge in [0, 0.05) is 37.2 Å². The molecule has 0 amide bonds. The molecule has 0 unspecified atom stereocenters. The van der Waals surface area contributed by atoms with Gasteiger partial charge in [-0.3, -0.25) is 4.99 Å². The normalized spacial score (nSPS) is 16.3. The molecule has 0 atom stereocenters. The largest absolute Gasteiger partial charge is 0.359 e. The molecule has 1 aliphatic rings. The molecule has 0 saturated heterocycles. The Morgan fingerprint density at radius 2 is 2.00 bits per heavy atom. The summed E-state index contributed by atoms with van der Waals surface area (Å²) in [5.74, 6) is 2.06. The maximum atomic E-state index is 11.5. The van der Waals surface area contributed by atoms with Gasteiger partial charge in [-0.2, -0.15) is 0 Å². The lowest BCUT2D eigenvalue weighted by molar-refractivity contribution is 0.368. The van der Waals surface area contributed by atoms with Crippen molar-refractivity contribution in [3.05, 3.63) is 17.5 Å². The summed E-state index contributed by atoms with van der Waals surface area (Å²) in [4.78, 5) is 4.19. The van der Waals surface area contributed by atoms with Crippen LogP contribution in [0.5, 0.6) is 0 Å². The number of sulfone groups is 1. The summed E-state index contributed by atoms with van der Waals surface area (Å²) in [6.07, 6.45) is 5.25. The minimum atomic E-state index is -2.96. The first-order chi connectivity index (χ1) is 11.8. The molecule has 0 aliphatic heterocycles. The topological polar surface area (TPSA) is 96.6 Å². The van der Waals surface area contributed by atoms with E-state index in [-0.39, 0.29) is 35.1 Å². The molecule has 2 N–H and O–H groups in total. The van der Waals surface area contributed by atoms with Crippen LogP contribution < -0.4 is 10.6 Å². The number of rotatable bonds is 9. The van der Waals surface area contributed by atoms with Crippen LogP contribution in [-0.4, -0.2) is 45.1 Å². The highest BCUT2D eigenvalue weighted by Crippen LogP contribution is 2.45. The summed E-state index contributed by atoms with van der Waals surface area (Å²) < 4.78 is 28.4. The molecular weight excluding hydrogens is 467 g/mol. The van der Waals surface area contributed by atoms with E-state index in [2.05, 4.69) is 34.6 Å². The number of hydrogen-bond acceptors (Lipinski definition) is 5. The van der Waals surface area contributed by atoms with E-state index < -0.39 is 9.84 Å². The van der Waals surface area contributed by atoms with E-state index in [1.807, 2.05) is 6.07 Å². The first-order valence-corrected chi connectivity index (χ1v) is 10.9. The molecule has 0 aromatic carbocycles. The molecule has 1 saturated carbocycles. The van der Waals surface area contributed by atoms with Crippen LogP contribution in [0, 0.1) is 5.41 Å². The van der Waals surface area contributed by atoms with Crippen LogP contribution in [0.3, 0.4) is 0 Å². The maximum Gasteiger partial charge on any atom is 0.191 e. The van der Waals surface area contributed by atoms with Gasteiger partial charge in [0.05, 0.1) is 18.0 Å². The van der Waals surface area contributed by atoms with Gasteiger partial charge in [-0.25, -0.2) is 8.42 Å². The number of aromatic nitrogens is 1. The molecule has 26 heavy (non-hydrogen) atoms. The van der Waals surface area contributed by atoms with Crippen molar-refractivity contribution in [1.82, 2.24) is 15.8 Å². The number of guanidine groups is 1. The fraction of sp³-hybridized carbons (Fsp3) is 0.765. The zero-order chi connectivity index (χ0) is 18.5. The van der Waals surface area contributed by atoms with Gasteiger partial charge in [-0.1, -0.05) is 19.0 Å². The Morgan fingerprint density at radius 1 is 1.35 bits per heavy atom. The molecule has 1 fully saturated rings. The van der Waals surface area contributed by atoms with Gasteiger partial charge in [0.2, 0.25) is 0 Å². The fourth-order valence-corrected chi connectivity index (χ4v) is 4.58. The van der Waals surface area contributed by atoms with Gasteiger partial charge in [-0.15, -0.1) is 24.0 Å². The quantitative estimate of drug-likeness (QED) is 0.309. The summed E-state index contributed by atoms with van der Waals surface area (Å²) in [6.45, 7) is 5.40. The van der Waals surface area contributed by atoms with E-state index in [1.54, 1.807) is 7.05 Å². The second-order valence-electron chi connectivity index (χ2n) is 7.08. The Bertz CT molecular complexity index is 695. The molecule has 1 aliphatic carbocycles. The van der Waals surface area contributed by atoms with Crippen molar-refractivity contribution in [1.29, 1.82) is 0 Å². The monoisotopic (exact) mass is 498 g/mol. The Kier molecular flexibility index (Phi) is 8.84. The smallest absolute Gasteiger partial charge is 0.191 e. The highest BCUT2D eigenvalue weighted by molar-refractivity contribution is 14.0. The Labute approximate surface area is 173 Å². The van der Waals surface area contributed by atoms with Gasteiger partial charge < -0.3 is 15.2 Å². The van der Waals surface area contributed by atoms with Crippen molar-refractivity contribution in [2.45, 2.75) is 52.0 Å². The van der Waals surface area contributed by atoms with E-state index in [0.29, 0.717) is 25.0 Å². The maximum absolute atomic E-state index is 11.5. The molecule has 1 aromatic heterocycles. The van der Waals surface area contributed by atoms with E-state index in [9.17, 15) is 8.42 Å². The summed E-state index contributed by atoms with van der Waals surface area (Å²) in [5.41, 5.74) is 0.856. The molecular formula is C17H31IN4O3S. The van der Waals surface area contributed by atoms with Gasteiger partial charge in [0.1, 0.15) is 9.84 Å². The number of nitrogens with one attached hydrogen (secondary N) is 2. The van der Waals surface area contributed by atoms with Crippen molar-refractivity contribution in [2.75, 3.05) is 25.6 Å². The Hall–Kier alpha value is -0.840. The average Bonchev–Trinajstić information content (AvgIpc) is 3.13. The predicted molar refractivity (Wildman–Crippen MR) is 115 cm³/mol. The minimum Gasteiger partial charge on any atom is -0.359 e. The Morgan fingerprint density at radius 3 is 2.50 bits per heavy atom. The third kappa shape index (κ3) is 7.05. The van der Waals surface area contributed by atoms with E-state index in [1.165, 1.54) is 6.26 Å². The lowest BCUT2D eigenvalue weighted by atomic mass is 9.99. The van der Waals surface area contributed by atoms with Gasteiger partial charge in [0.25, 0.3) is 0 Å². The van der Waals surface area contributed by atoms with Crippen LogP contribution in [-0.2, 0) is 16.4 Å². The molecule has 0 bridgehead atoms. The number of nitrogens with zero attached hydrogens (tertiary/aromatic N) is 2. The van der Waals surface area contributed by atoms with Gasteiger partial charge in [0.15, 0.2) is 11.7 Å². The first kappa shape index (κ1) is 23.2. The lowest BCUT2D eigenvalue weighted by Gasteiger charge is -2.17. The molecule has 2 rings (SSSR count). The SMILES string of the molecule is CCC(CC)c1cc(CNC(=NC)NCC2(CS(C)(=O)=O)CC2)on1.I. The molecule has 150 valence electrons. The second-order valence-corrected chi connectivity index (χ2v) is 9.22. The third-order valence-corrected chi connectivity index (χ3v) is 5.93. The molecule has 0 radical (unpaired) electrons. The molecule has 9 heteroatoms. The average molecular weight is 498 g/mol. The molecule has 1 heterocycles. The second kappa shape index (κ2) is 9.91. The van der Waals surface area contributed by atoms with E-state index >= 15 is 0 Å². The summed E-state index contributed by atoms with van der Waals surface area (Å²) >= 11 is 0. The van der Waals surface area contributed by atoms with Crippen LogP contribution in [0.2, 0.25) is 0 Å². The fourth-order valence-electron chi connectivity index (χ4n) is 3.08. The molecule has 1 aromatic rings. The highest BCUT2D eigenvalue weighted by atomic mass is 127. The zero-order valence-corrected chi connectivity index (χ0v) is 19.2. The number of halogens is 1. The zero-order valence-electron chi connectivity index (χ0n) is 16.0. The van der Waals surface area contributed by atoms with Crippen molar-refractivity contribution in [2.24, 2.45) is 10.4 Å². The van der Waals surface area contributed by atoms with Crippen molar-refractivity contribution in [3.8, 4) is 0 Å². The standard InChI is InChI=1S/C17H30N4O3S.HI/c1-5-13(6-2)15-9-14(24-21-15)10-19-16(18-3)20-11-17(7-8-17)12-25(4,22)23;/h9,13H,5-8,10-12H2,1-4H3,(H2,18,19,20);1H. The predicted octanol–water partition coefficient (Wildman–Crippen LogP) is 2.69. The van der Waals surface area contributed by atoms with Crippen LogP contribution in [0.4, 0.5) is 0 Å². The Balaban J connectivity index is 0.00000338. The van der Waals surface area contributed by atoms with Gasteiger partial charge in [-0.05, 0) is 25.7 Å². The van der Waals surface area contributed by atoms with Crippen LogP contribution >= 0.6 is 24.0 Å². The molecule has 7 nitrogen and oxygen atoms in total. The van der Waals surface area contributed by atoms with Crippen molar-refractivity contribution in [3.63, 3.8) is 0 Å². The number of hydrogen-bond donors (Lipinski definition) is 2. The summed E-state index contributed by atoms with van der Waals surface area (Å²) in [6, 6.07) is 1.99.